The van der Waals surface area contributed by atoms with E-state index in [4.69, 9.17) is 4.42 Å². The molecule has 0 N–H and O–H groups in total. The lowest BCUT2D eigenvalue weighted by Crippen LogP contribution is -2.42. The van der Waals surface area contributed by atoms with Gasteiger partial charge in [0, 0.05) is 6.08 Å². The molecule has 116 valence electrons. The van der Waals surface area contributed by atoms with Crippen molar-refractivity contribution >= 4 is 40.8 Å². The van der Waals surface area contributed by atoms with E-state index >= 15 is 0 Å². The van der Waals surface area contributed by atoms with Gasteiger partial charge in [-0.1, -0.05) is 0 Å². The molecule has 0 unspecified atom stereocenters. The van der Waals surface area contributed by atoms with Gasteiger partial charge in [-0.05, 0) is 24.8 Å². The van der Waals surface area contributed by atoms with Crippen molar-refractivity contribution in [2.45, 2.75) is 13.0 Å². The smallest absolute Gasteiger partial charge is 0.433 e. The predicted molar refractivity (Wildman–Crippen MR) is 74.7 cm³/mol. The number of amides is 2. The highest BCUT2D eigenvalue weighted by molar-refractivity contribution is 8.18. The molecule has 1 aromatic heterocycles. The van der Waals surface area contributed by atoms with E-state index in [0.29, 0.717) is 11.8 Å². The quantitative estimate of drug-likeness (QED) is 0.355. The molecule has 1 aliphatic rings. The number of imide groups is 1. The molecule has 1 saturated heterocycles. The van der Waals surface area contributed by atoms with Gasteiger partial charge in [-0.15, -0.1) is 0 Å². The number of hydrogen-bond acceptors (Lipinski definition) is 8. The summed E-state index contributed by atoms with van der Waals surface area (Å²) in [7, 11) is 1.15. The molecule has 2 rings (SSSR count). The predicted octanol–water partition coefficient (Wildman–Crippen LogP) is 1.79. The molecule has 1 atom stereocenters. The van der Waals surface area contributed by atoms with Crippen LogP contribution in [0.2, 0.25) is 0 Å². The molecule has 2 amide bonds. The molecule has 0 bridgehead atoms. The Bertz CT molecular complexity index is 693. The maximum atomic E-state index is 12.2. The second-order valence-corrected chi connectivity index (χ2v) is 5.18. The van der Waals surface area contributed by atoms with Crippen LogP contribution >= 0.6 is 11.8 Å². The number of nitrogens with zero attached hydrogens (tertiary/aromatic N) is 2. The molecule has 1 fully saturated rings. The Morgan fingerprint density at radius 3 is 2.73 bits per heavy atom. The van der Waals surface area contributed by atoms with Crippen LogP contribution in [0.15, 0.2) is 21.5 Å². The molecule has 9 nitrogen and oxygen atoms in total. The minimum atomic E-state index is -1.06. The van der Waals surface area contributed by atoms with Gasteiger partial charge < -0.3 is 9.15 Å². The monoisotopic (exact) mass is 326 g/mol. The Balaban J connectivity index is 2.25. The topological polar surface area (TPSA) is 120 Å². The van der Waals surface area contributed by atoms with Crippen LogP contribution in [0, 0.1) is 10.1 Å². The van der Waals surface area contributed by atoms with E-state index in [9.17, 15) is 24.5 Å². The fourth-order valence-corrected chi connectivity index (χ4v) is 2.63. The Morgan fingerprint density at radius 1 is 1.50 bits per heavy atom. The van der Waals surface area contributed by atoms with Crippen molar-refractivity contribution in [3.63, 3.8) is 0 Å². The summed E-state index contributed by atoms with van der Waals surface area (Å²) in [5.74, 6) is -1.83. The largest absolute Gasteiger partial charge is 0.467 e. The molecule has 0 aromatic carbocycles. The van der Waals surface area contributed by atoms with Gasteiger partial charge in [-0.25, -0.2) is 4.79 Å². The number of esters is 1. The Morgan fingerprint density at radius 2 is 2.18 bits per heavy atom. The third-order valence-electron chi connectivity index (χ3n) is 2.82. The third kappa shape index (κ3) is 2.86. The van der Waals surface area contributed by atoms with Crippen LogP contribution in [0.25, 0.3) is 6.08 Å². The van der Waals surface area contributed by atoms with Gasteiger partial charge in [0.1, 0.15) is 16.7 Å². The number of methoxy groups -OCH3 is 1. The first-order valence-electron chi connectivity index (χ1n) is 5.94. The Hall–Kier alpha value is -2.62. The number of carbonyl (C=O) groups excluding carboxylic acids is 3. The highest BCUT2D eigenvalue weighted by Gasteiger charge is 2.41. The summed E-state index contributed by atoms with van der Waals surface area (Å²) in [5, 5.41) is 9.89. The van der Waals surface area contributed by atoms with Gasteiger partial charge >= 0.3 is 11.9 Å². The maximum Gasteiger partial charge on any atom is 0.433 e. The number of nitro groups is 1. The van der Waals surface area contributed by atoms with Crippen molar-refractivity contribution in [3.8, 4) is 0 Å². The van der Waals surface area contributed by atoms with Crippen molar-refractivity contribution in [2.24, 2.45) is 0 Å². The van der Waals surface area contributed by atoms with E-state index in [1.54, 1.807) is 0 Å². The SMILES string of the molecule is COC(=O)[C@@H](C)N1C(=O)S/C(=C/c2ccc([N+](=O)[O-])o2)C1=O. The summed E-state index contributed by atoms with van der Waals surface area (Å²) in [6.07, 6.45) is 1.21. The van der Waals surface area contributed by atoms with Crippen molar-refractivity contribution < 1.29 is 28.5 Å². The molecule has 1 aliphatic heterocycles. The number of hydrogen-bond donors (Lipinski definition) is 0. The molecular weight excluding hydrogens is 316 g/mol. The molecule has 10 heteroatoms. The van der Waals surface area contributed by atoms with E-state index < -0.39 is 34.0 Å². The zero-order chi connectivity index (χ0) is 16.4. The fraction of sp³-hybridized carbons (Fsp3) is 0.250. The second-order valence-electron chi connectivity index (χ2n) is 4.18. The summed E-state index contributed by atoms with van der Waals surface area (Å²) in [5.41, 5.74) is 0. The number of ether oxygens (including phenoxy) is 1. The van der Waals surface area contributed by atoms with Crippen molar-refractivity contribution in [1.82, 2.24) is 4.90 Å². The van der Waals surface area contributed by atoms with Crippen LogP contribution in [0.5, 0.6) is 0 Å². The molecule has 0 spiro atoms. The van der Waals surface area contributed by atoms with E-state index in [1.165, 1.54) is 19.1 Å². The highest BCUT2D eigenvalue weighted by atomic mass is 32.2. The second kappa shape index (κ2) is 6.02. The number of carbonyl (C=O) groups is 3. The average Bonchev–Trinajstić information content (AvgIpc) is 3.04. The number of rotatable bonds is 4. The Kier molecular flexibility index (Phi) is 4.31. The number of thioether (sulfide) groups is 1. The van der Waals surface area contributed by atoms with Crippen molar-refractivity contribution in [1.29, 1.82) is 0 Å². The molecule has 2 heterocycles. The van der Waals surface area contributed by atoms with Crippen LogP contribution < -0.4 is 0 Å². The van der Waals surface area contributed by atoms with Crippen LogP contribution in [0.1, 0.15) is 12.7 Å². The zero-order valence-corrected chi connectivity index (χ0v) is 12.3. The molecule has 0 radical (unpaired) electrons. The summed E-state index contributed by atoms with van der Waals surface area (Å²) in [6, 6.07) is 1.37. The van der Waals surface area contributed by atoms with Gasteiger partial charge in [-0.2, -0.15) is 0 Å². The summed E-state index contributed by atoms with van der Waals surface area (Å²) in [4.78, 5) is 46.0. The van der Waals surface area contributed by atoms with E-state index in [2.05, 4.69) is 4.74 Å². The first-order valence-corrected chi connectivity index (χ1v) is 6.76. The summed E-state index contributed by atoms with van der Waals surface area (Å²) >= 11 is 0.611. The lowest BCUT2D eigenvalue weighted by atomic mass is 10.3. The lowest BCUT2D eigenvalue weighted by molar-refractivity contribution is -0.402. The van der Waals surface area contributed by atoms with Gasteiger partial charge in [0.25, 0.3) is 11.1 Å². The van der Waals surface area contributed by atoms with Crippen LogP contribution in [0.4, 0.5) is 10.7 Å². The minimum absolute atomic E-state index is 0.00463. The van der Waals surface area contributed by atoms with Crippen LogP contribution in [-0.4, -0.2) is 40.1 Å². The maximum absolute atomic E-state index is 12.2. The molecular formula is C12H10N2O7S. The average molecular weight is 326 g/mol. The first kappa shape index (κ1) is 15.8. The van der Waals surface area contributed by atoms with Gasteiger partial charge in [0.15, 0.2) is 0 Å². The van der Waals surface area contributed by atoms with Gasteiger partial charge in [-0.3, -0.25) is 24.6 Å². The van der Waals surface area contributed by atoms with E-state index in [0.717, 1.165) is 18.1 Å². The highest BCUT2D eigenvalue weighted by Crippen LogP contribution is 2.34. The van der Waals surface area contributed by atoms with Crippen LogP contribution in [0.3, 0.4) is 0 Å². The lowest BCUT2D eigenvalue weighted by Gasteiger charge is -2.18. The molecule has 0 aliphatic carbocycles. The number of furan rings is 1. The molecule has 1 aromatic rings. The standard InChI is InChI=1S/C12H10N2O7S/c1-6(11(16)20-2)13-10(15)8(22-12(13)17)5-7-3-4-9(21-7)14(18)19/h3-6H,1-2H3/b8-5+/t6-/m1/s1. The van der Waals surface area contributed by atoms with Gasteiger partial charge in [0.05, 0.1) is 18.1 Å². The van der Waals surface area contributed by atoms with Crippen LogP contribution in [-0.2, 0) is 14.3 Å². The molecule has 0 saturated carbocycles. The third-order valence-corrected chi connectivity index (χ3v) is 3.70. The zero-order valence-electron chi connectivity index (χ0n) is 11.5. The minimum Gasteiger partial charge on any atom is -0.467 e. The first-order chi connectivity index (χ1) is 10.3. The van der Waals surface area contributed by atoms with Crippen molar-refractivity contribution in [3.05, 3.63) is 32.9 Å². The fourth-order valence-electron chi connectivity index (χ4n) is 1.74. The van der Waals surface area contributed by atoms with Gasteiger partial charge in [0.2, 0.25) is 0 Å². The summed E-state index contributed by atoms with van der Waals surface area (Å²) in [6.45, 7) is 1.36. The van der Waals surface area contributed by atoms with E-state index in [1.807, 2.05) is 0 Å². The Labute approximate surface area is 128 Å². The summed E-state index contributed by atoms with van der Waals surface area (Å²) < 4.78 is 9.39. The van der Waals surface area contributed by atoms with Crippen molar-refractivity contribution in [2.75, 3.05) is 7.11 Å². The normalized spacial score (nSPS) is 17.9. The molecule has 22 heavy (non-hydrogen) atoms. The van der Waals surface area contributed by atoms with E-state index in [-0.39, 0.29) is 10.7 Å².